The molecule has 0 aromatic heterocycles. The van der Waals surface area contributed by atoms with Crippen LogP contribution >= 0.6 is 23.2 Å². The quantitative estimate of drug-likeness (QED) is 0.624. The summed E-state index contributed by atoms with van der Waals surface area (Å²) < 4.78 is 5.19. The van der Waals surface area contributed by atoms with Crippen LogP contribution in [0.4, 0.5) is 0 Å². The predicted molar refractivity (Wildman–Crippen MR) is 81.9 cm³/mol. The highest BCUT2D eigenvalue weighted by atomic mass is 35.5. The zero-order chi connectivity index (χ0) is 14.7. The first-order chi connectivity index (χ1) is 9.54. The standard InChI is InChI=1S/C15H17Cl2NO2/c1-3-20-15(19)14(13-5-4-8-18(13)2)11-7-6-10(16)9-12(11)17/h6-7,9H,3-5,8H2,1-2H3. The monoisotopic (exact) mass is 313 g/mol. The maximum atomic E-state index is 12.3. The lowest BCUT2D eigenvalue weighted by molar-refractivity contribution is -0.136. The SMILES string of the molecule is CCOC(=O)C(=C1CCCN1C)c1ccc(Cl)cc1Cl. The smallest absolute Gasteiger partial charge is 0.340 e. The maximum absolute atomic E-state index is 12.3. The number of benzene rings is 1. The Bertz CT molecular complexity index is 555. The molecule has 1 saturated heterocycles. The molecule has 0 spiro atoms. The van der Waals surface area contributed by atoms with Crippen molar-refractivity contribution < 1.29 is 9.53 Å². The number of allylic oxidation sites excluding steroid dienone is 1. The van der Waals surface area contributed by atoms with E-state index >= 15 is 0 Å². The van der Waals surface area contributed by atoms with Gasteiger partial charge in [0.2, 0.25) is 0 Å². The van der Waals surface area contributed by atoms with E-state index in [1.165, 1.54) is 0 Å². The highest BCUT2D eigenvalue weighted by Gasteiger charge is 2.26. The summed E-state index contributed by atoms with van der Waals surface area (Å²) in [6.45, 7) is 3.07. The van der Waals surface area contributed by atoms with E-state index in [0.717, 1.165) is 25.1 Å². The minimum atomic E-state index is -0.333. The first-order valence-corrected chi connectivity index (χ1v) is 7.37. The summed E-state index contributed by atoms with van der Waals surface area (Å²) in [4.78, 5) is 14.4. The third-order valence-corrected chi connectivity index (χ3v) is 3.88. The molecule has 108 valence electrons. The zero-order valence-electron chi connectivity index (χ0n) is 11.6. The molecule has 0 amide bonds. The number of rotatable bonds is 3. The normalized spacial score (nSPS) is 17.3. The molecule has 20 heavy (non-hydrogen) atoms. The van der Waals surface area contributed by atoms with E-state index in [0.29, 0.717) is 27.8 Å². The Morgan fingerprint density at radius 1 is 1.40 bits per heavy atom. The number of ether oxygens (including phenoxy) is 1. The summed E-state index contributed by atoms with van der Waals surface area (Å²) in [7, 11) is 1.98. The fourth-order valence-corrected chi connectivity index (χ4v) is 2.91. The molecule has 0 unspecified atom stereocenters. The van der Waals surface area contributed by atoms with Crippen molar-refractivity contribution >= 4 is 34.7 Å². The van der Waals surface area contributed by atoms with E-state index in [4.69, 9.17) is 27.9 Å². The zero-order valence-corrected chi connectivity index (χ0v) is 13.1. The largest absolute Gasteiger partial charge is 0.462 e. The second-order valence-corrected chi connectivity index (χ2v) is 5.54. The number of carbonyl (C=O) groups is 1. The van der Waals surface area contributed by atoms with Crippen LogP contribution in [-0.2, 0) is 9.53 Å². The van der Waals surface area contributed by atoms with Crippen LogP contribution in [0.3, 0.4) is 0 Å². The number of likely N-dealkylation sites (tertiary alicyclic amines) is 1. The molecule has 1 aromatic carbocycles. The van der Waals surface area contributed by atoms with Gasteiger partial charge in [0.15, 0.2) is 0 Å². The summed E-state index contributed by atoms with van der Waals surface area (Å²) in [6, 6.07) is 5.15. The molecule has 0 radical (unpaired) electrons. The third kappa shape index (κ3) is 3.10. The Morgan fingerprint density at radius 3 is 2.70 bits per heavy atom. The van der Waals surface area contributed by atoms with Gasteiger partial charge >= 0.3 is 5.97 Å². The van der Waals surface area contributed by atoms with Gasteiger partial charge in [-0.2, -0.15) is 0 Å². The van der Waals surface area contributed by atoms with E-state index in [2.05, 4.69) is 4.90 Å². The minimum Gasteiger partial charge on any atom is -0.462 e. The number of carbonyl (C=O) groups excluding carboxylic acids is 1. The van der Waals surface area contributed by atoms with Gasteiger partial charge in [-0.25, -0.2) is 4.79 Å². The Hall–Kier alpha value is -1.19. The highest BCUT2D eigenvalue weighted by Crippen LogP contribution is 2.34. The van der Waals surface area contributed by atoms with Gasteiger partial charge in [-0.1, -0.05) is 29.3 Å². The molecule has 0 bridgehead atoms. The highest BCUT2D eigenvalue weighted by molar-refractivity contribution is 6.37. The molecule has 1 fully saturated rings. The molecule has 0 N–H and O–H groups in total. The number of hydrogen-bond donors (Lipinski definition) is 0. The van der Waals surface area contributed by atoms with E-state index in [1.54, 1.807) is 25.1 Å². The van der Waals surface area contributed by atoms with E-state index in [-0.39, 0.29) is 5.97 Å². The van der Waals surface area contributed by atoms with Crippen molar-refractivity contribution in [3.8, 4) is 0 Å². The van der Waals surface area contributed by atoms with Gasteiger partial charge in [0.1, 0.15) is 0 Å². The van der Waals surface area contributed by atoms with Crippen LogP contribution in [0.2, 0.25) is 10.0 Å². The van der Waals surface area contributed by atoms with Gasteiger partial charge in [-0.3, -0.25) is 0 Å². The average molecular weight is 314 g/mol. The fraction of sp³-hybridized carbons (Fsp3) is 0.400. The number of nitrogens with zero attached hydrogens (tertiary/aromatic N) is 1. The first kappa shape index (κ1) is 15.2. The van der Waals surface area contributed by atoms with Gasteiger partial charge in [-0.05, 0) is 31.9 Å². The summed E-state index contributed by atoms with van der Waals surface area (Å²) >= 11 is 12.2. The molecule has 0 saturated carbocycles. The summed E-state index contributed by atoms with van der Waals surface area (Å²) in [6.07, 6.45) is 1.88. The average Bonchev–Trinajstić information content (AvgIpc) is 2.79. The van der Waals surface area contributed by atoms with Crippen molar-refractivity contribution in [2.75, 3.05) is 20.2 Å². The summed E-state index contributed by atoms with van der Waals surface area (Å²) in [5, 5.41) is 1.01. The number of esters is 1. The van der Waals surface area contributed by atoms with Crippen LogP contribution in [0, 0.1) is 0 Å². The van der Waals surface area contributed by atoms with E-state index in [9.17, 15) is 4.79 Å². The molecule has 1 heterocycles. The maximum Gasteiger partial charge on any atom is 0.340 e. The number of halogens is 2. The molecule has 1 aliphatic rings. The van der Waals surface area contributed by atoms with Crippen molar-refractivity contribution in [3.63, 3.8) is 0 Å². The van der Waals surface area contributed by atoms with Crippen molar-refractivity contribution in [1.82, 2.24) is 4.90 Å². The Labute approximate surface area is 129 Å². The van der Waals surface area contributed by atoms with Crippen LogP contribution < -0.4 is 0 Å². The fourth-order valence-electron chi connectivity index (χ4n) is 2.40. The van der Waals surface area contributed by atoms with Gasteiger partial charge < -0.3 is 9.64 Å². The van der Waals surface area contributed by atoms with Gasteiger partial charge in [-0.15, -0.1) is 0 Å². The first-order valence-electron chi connectivity index (χ1n) is 6.61. The molecule has 2 rings (SSSR count). The van der Waals surface area contributed by atoms with E-state index < -0.39 is 0 Å². The molecule has 0 atom stereocenters. The van der Waals surface area contributed by atoms with Crippen molar-refractivity contribution in [3.05, 3.63) is 39.5 Å². The molecule has 3 nitrogen and oxygen atoms in total. The molecular weight excluding hydrogens is 297 g/mol. The lowest BCUT2D eigenvalue weighted by atomic mass is 10.0. The van der Waals surface area contributed by atoms with Crippen molar-refractivity contribution in [2.45, 2.75) is 19.8 Å². The van der Waals surface area contributed by atoms with Crippen LogP contribution in [0.5, 0.6) is 0 Å². The molecule has 1 aromatic rings. The predicted octanol–water partition coefficient (Wildman–Crippen LogP) is 3.99. The molecular formula is C15H17Cl2NO2. The summed E-state index contributed by atoms with van der Waals surface area (Å²) in [5.41, 5.74) is 2.21. The van der Waals surface area contributed by atoms with E-state index in [1.807, 2.05) is 7.05 Å². The number of hydrogen-bond acceptors (Lipinski definition) is 3. The van der Waals surface area contributed by atoms with Gasteiger partial charge in [0.25, 0.3) is 0 Å². The minimum absolute atomic E-state index is 0.333. The second kappa shape index (κ2) is 6.51. The Kier molecular flexibility index (Phi) is 4.95. The molecule has 1 aliphatic heterocycles. The van der Waals surface area contributed by atoms with Crippen LogP contribution in [-0.4, -0.2) is 31.1 Å². The van der Waals surface area contributed by atoms with Gasteiger partial charge in [0, 0.05) is 29.9 Å². The summed E-state index contributed by atoms with van der Waals surface area (Å²) in [5.74, 6) is -0.333. The van der Waals surface area contributed by atoms with Crippen molar-refractivity contribution in [2.24, 2.45) is 0 Å². The van der Waals surface area contributed by atoms with Crippen molar-refractivity contribution in [1.29, 1.82) is 0 Å². The lowest BCUT2D eigenvalue weighted by Crippen LogP contribution is -2.17. The lowest BCUT2D eigenvalue weighted by Gasteiger charge is -2.18. The van der Waals surface area contributed by atoms with Crippen LogP contribution in [0.25, 0.3) is 5.57 Å². The Balaban J connectivity index is 2.54. The third-order valence-electron chi connectivity index (χ3n) is 3.34. The van der Waals surface area contributed by atoms with Crippen LogP contribution in [0.15, 0.2) is 23.9 Å². The van der Waals surface area contributed by atoms with Gasteiger partial charge in [0.05, 0.1) is 17.2 Å². The van der Waals surface area contributed by atoms with Crippen LogP contribution in [0.1, 0.15) is 25.3 Å². The second-order valence-electron chi connectivity index (χ2n) is 4.69. The topological polar surface area (TPSA) is 29.5 Å². The molecule has 5 heteroatoms. The molecule has 0 aliphatic carbocycles. The Morgan fingerprint density at radius 2 is 2.15 bits per heavy atom.